The molecule has 2 heterocycles. The molecule has 1 fully saturated rings. The molecule has 0 bridgehead atoms. The van der Waals surface area contributed by atoms with Crippen molar-refractivity contribution < 1.29 is 18.9 Å². The van der Waals surface area contributed by atoms with Crippen LogP contribution in [0.4, 0.5) is 5.69 Å². The predicted octanol–water partition coefficient (Wildman–Crippen LogP) is 5.50. The van der Waals surface area contributed by atoms with Crippen LogP contribution in [0.5, 0.6) is 17.2 Å². The maximum absolute atomic E-state index is 6.25. The van der Waals surface area contributed by atoms with E-state index in [9.17, 15) is 0 Å². The van der Waals surface area contributed by atoms with Crippen LogP contribution in [0.15, 0.2) is 34.8 Å². The number of nitrogens with one attached hydrogen (secondary N) is 1. The van der Waals surface area contributed by atoms with Crippen molar-refractivity contribution in [3.05, 3.63) is 45.9 Å². The highest BCUT2D eigenvalue weighted by atomic mass is 79.9. The first kappa shape index (κ1) is 19.4. The fraction of sp³-hybridized carbons (Fsp3) is 0.455. The molecule has 5 nitrogen and oxygen atoms in total. The molecule has 6 heteroatoms. The largest absolute Gasteiger partial charge is 0.497 e. The molecule has 0 aromatic heterocycles. The summed E-state index contributed by atoms with van der Waals surface area (Å²) in [6.07, 6.45) is 2.22. The van der Waals surface area contributed by atoms with Gasteiger partial charge in [-0.1, -0.05) is 0 Å². The van der Waals surface area contributed by atoms with E-state index in [0.29, 0.717) is 12.5 Å². The molecule has 2 aromatic carbocycles. The van der Waals surface area contributed by atoms with Crippen LogP contribution in [-0.2, 0) is 4.74 Å². The highest BCUT2D eigenvalue weighted by molar-refractivity contribution is 9.10. The highest BCUT2D eigenvalue weighted by Crippen LogP contribution is 2.51. The van der Waals surface area contributed by atoms with Gasteiger partial charge >= 0.3 is 0 Å². The van der Waals surface area contributed by atoms with Gasteiger partial charge in [-0.3, -0.25) is 0 Å². The van der Waals surface area contributed by atoms with E-state index in [2.05, 4.69) is 45.5 Å². The monoisotopic (exact) mass is 447 g/mol. The fourth-order valence-corrected chi connectivity index (χ4v) is 4.88. The number of methoxy groups -OCH3 is 2. The molecule has 4 rings (SSSR count). The van der Waals surface area contributed by atoms with Gasteiger partial charge in [0, 0.05) is 23.8 Å². The first-order chi connectivity index (χ1) is 13.7. The van der Waals surface area contributed by atoms with Gasteiger partial charge in [0.15, 0.2) is 11.5 Å². The SMILES string of the molecule is CCOc1c(Br)cc(C2Nc3ccc(OC)cc3[C@H]3OCCC[C@@H]23)cc1OC. The maximum Gasteiger partial charge on any atom is 0.175 e. The minimum absolute atomic E-state index is 0.0569. The molecule has 0 saturated carbocycles. The lowest BCUT2D eigenvalue weighted by Gasteiger charge is -2.43. The van der Waals surface area contributed by atoms with Crippen molar-refractivity contribution in [2.45, 2.75) is 31.9 Å². The van der Waals surface area contributed by atoms with E-state index >= 15 is 0 Å². The lowest BCUT2D eigenvalue weighted by atomic mass is 9.77. The summed E-state index contributed by atoms with van der Waals surface area (Å²) in [5.74, 6) is 2.67. The van der Waals surface area contributed by atoms with Crippen molar-refractivity contribution in [1.82, 2.24) is 0 Å². The number of hydrogen-bond donors (Lipinski definition) is 1. The lowest BCUT2D eigenvalue weighted by molar-refractivity contribution is -0.0382. The molecule has 1 unspecified atom stereocenters. The Bertz CT molecular complexity index is 857. The minimum Gasteiger partial charge on any atom is -0.497 e. The number of ether oxygens (including phenoxy) is 4. The number of benzene rings is 2. The zero-order valence-electron chi connectivity index (χ0n) is 16.5. The summed E-state index contributed by atoms with van der Waals surface area (Å²) in [7, 11) is 3.38. The summed E-state index contributed by atoms with van der Waals surface area (Å²) in [5, 5.41) is 3.74. The predicted molar refractivity (Wildman–Crippen MR) is 113 cm³/mol. The van der Waals surface area contributed by atoms with Gasteiger partial charge in [-0.2, -0.15) is 0 Å². The second kappa shape index (κ2) is 8.21. The zero-order chi connectivity index (χ0) is 19.7. The van der Waals surface area contributed by atoms with Crippen LogP contribution in [0, 0.1) is 5.92 Å². The molecule has 28 heavy (non-hydrogen) atoms. The van der Waals surface area contributed by atoms with Gasteiger partial charge in [0.2, 0.25) is 0 Å². The summed E-state index contributed by atoms with van der Waals surface area (Å²) in [5.41, 5.74) is 3.43. The maximum atomic E-state index is 6.25. The average molecular weight is 448 g/mol. The first-order valence-electron chi connectivity index (χ1n) is 9.72. The van der Waals surface area contributed by atoms with Crippen LogP contribution >= 0.6 is 15.9 Å². The third-order valence-corrected chi connectivity index (χ3v) is 6.16. The lowest BCUT2D eigenvalue weighted by Crippen LogP contribution is -2.36. The summed E-state index contributed by atoms with van der Waals surface area (Å²) >= 11 is 3.66. The molecule has 3 atom stereocenters. The van der Waals surface area contributed by atoms with E-state index in [-0.39, 0.29) is 12.1 Å². The molecular weight excluding hydrogens is 422 g/mol. The smallest absolute Gasteiger partial charge is 0.175 e. The van der Waals surface area contributed by atoms with E-state index in [1.165, 1.54) is 5.56 Å². The summed E-state index contributed by atoms with van der Waals surface area (Å²) in [6.45, 7) is 3.35. The molecule has 0 amide bonds. The number of rotatable bonds is 5. The Morgan fingerprint density at radius 3 is 2.79 bits per heavy atom. The molecule has 0 radical (unpaired) electrons. The zero-order valence-corrected chi connectivity index (χ0v) is 18.0. The van der Waals surface area contributed by atoms with Gasteiger partial charge in [-0.15, -0.1) is 0 Å². The first-order valence-corrected chi connectivity index (χ1v) is 10.5. The Morgan fingerprint density at radius 1 is 1.18 bits per heavy atom. The second-order valence-electron chi connectivity index (χ2n) is 7.14. The van der Waals surface area contributed by atoms with E-state index in [1.807, 2.05) is 13.0 Å². The van der Waals surface area contributed by atoms with Gasteiger partial charge in [0.1, 0.15) is 5.75 Å². The Labute approximate surface area is 174 Å². The van der Waals surface area contributed by atoms with E-state index in [1.54, 1.807) is 14.2 Å². The van der Waals surface area contributed by atoms with Gasteiger partial charge in [-0.05, 0) is 71.6 Å². The van der Waals surface area contributed by atoms with Crippen molar-refractivity contribution >= 4 is 21.6 Å². The Morgan fingerprint density at radius 2 is 2.04 bits per heavy atom. The van der Waals surface area contributed by atoms with E-state index < -0.39 is 0 Å². The summed E-state index contributed by atoms with van der Waals surface area (Å²) in [6, 6.07) is 10.5. The molecule has 0 aliphatic carbocycles. The molecular formula is C22H26BrNO4. The quantitative estimate of drug-likeness (QED) is 0.655. The average Bonchev–Trinajstić information content (AvgIpc) is 2.74. The van der Waals surface area contributed by atoms with E-state index in [0.717, 1.165) is 52.4 Å². The second-order valence-corrected chi connectivity index (χ2v) is 7.99. The summed E-state index contributed by atoms with van der Waals surface area (Å²) in [4.78, 5) is 0. The standard InChI is InChI=1S/C22H26BrNO4/c1-4-27-22-17(23)10-13(11-19(22)26-3)20-15-6-5-9-28-21(15)16-12-14(25-2)7-8-18(16)24-20/h7-8,10-12,15,20-21,24H,4-6,9H2,1-3H3/t15-,20?,21-/m0/s1. The number of hydrogen-bond acceptors (Lipinski definition) is 5. The van der Waals surface area contributed by atoms with Crippen molar-refractivity contribution in [2.24, 2.45) is 5.92 Å². The van der Waals surface area contributed by atoms with Crippen LogP contribution in [0.25, 0.3) is 0 Å². The fourth-order valence-electron chi connectivity index (χ4n) is 4.31. The Kier molecular flexibility index (Phi) is 5.69. The van der Waals surface area contributed by atoms with Crippen LogP contribution < -0.4 is 19.5 Å². The van der Waals surface area contributed by atoms with Gasteiger partial charge in [0.25, 0.3) is 0 Å². The van der Waals surface area contributed by atoms with Gasteiger partial charge in [0.05, 0.1) is 37.4 Å². The molecule has 150 valence electrons. The molecule has 2 aromatic rings. The van der Waals surface area contributed by atoms with Crippen LogP contribution in [0.1, 0.15) is 43.0 Å². The third kappa shape index (κ3) is 3.44. The minimum atomic E-state index is 0.0569. The van der Waals surface area contributed by atoms with Crippen LogP contribution in [-0.4, -0.2) is 27.4 Å². The molecule has 2 aliphatic rings. The van der Waals surface area contributed by atoms with Crippen molar-refractivity contribution in [1.29, 1.82) is 0 Å². The summed E-state index contributed by atoms with van der Waals surface area (Å²) < 4.78 is 24.0. The molecule has 1 N–H and O–H groups in total. The van der Waals surface area contributed by atoms with E-state index in [4.69, 9.17) is 18.9 Å². The molecule has 1 saturated heterocycles. The number of anilines is 1. The third-order valence-electron chi connectivity index (χ3n) is 5.57. The topological polar surface area (TPSA) is 49.0 Å². The Hall–Kier alpha value is -1.92. The number of halogens is 1. The molecule has 0 spiro atoms. The van der Waals surface area contributed by atoms with Gasteiger partial charge < -0.3 is 24.3 Å². The van der Waals surface area contributed by atoms with Crippen molar-refractivity contribution in [3.63, 3.8) is 0 Å². The van der Waals surface area contributed by atoms with Crippen LogP contribution in [0.3, 0.4) is 0 Å². The van der Waals surface area contributed by atoms with Crippen LogP contribution in [0.2, 0.25) is 0 Å². The number of fused-ring (bicyclic) bond motifs is 3. The van der Waals surface area contributed by atoms with Crippen molar-refractivity contribution in [3.8, 4) is 17.2 Å². The normalized spacial score (nSPS) is 23.2. The van der Waals surface area contributed by atoms with Gasteiger partial charge in [-0.25, -0.2) is 0 Å². The van der Waals surface area contributed by atoms with Crippen molar-refractivity contribution in [2.75, 3.05) is 32.8 Å². The Balaban J connectivity index is 1.76. The molecule has 2 aliphatic heterocycles. The highest BCUT2D eigenvalue weighted by Gasteiger charge is 2.40.